The third kappa shape index (κ3) is 5.36. The summed E-state index contributed by atoms with van der Waals surface area (Å²) in [5, 5.41) is 6.01. The van der Waals surface area contributed by atoms with Crippen molar-refractivity contribution < 1.29 is 18.0 Å². The minimum absolute atomic E-state index is 0. The molecule has 0 radical (unpaired) electrons. The topological polar surface area (TPSA) is 79.8 Å². The molecular weight excluding hydrogens is 383 g/mol. The van der Waals surface area contributed by atoms with Crippen LogP contribution in [0.5, 0.6) is 0 Å². The maximum atomic E-state index is 12.6. The number of rotatable bonds is 4. The van der Waals surface area contributed by atoms with Crippen molar-refractivity contribution in [1.29, 1.82) is 0 Å². The van der Waals surface area contributed by atoms with Gasteiger partial charge in [0.1, 0.15) is 12.0 Å². The van der Waals surface area contributed by atoms with Gasteiger partial charge in [-0.25, -0.2) is 9.97 Å². The highest BCUT2D eigenvalue weighted by atomic mass is 35.5. The number of hydrogen-bond donors (Lipinski definition) is 2. The third-order valence-electron chi connectivity index (χ3n) is 4.21. The molecule has 0 bridgehead atoms. The summed E-state index contributed by atoms with van der Waals surface area (Å²) in [4.78, 5) is 23.7. The van der Waals surface area contributed by atoms with Crippen LogP contribution in [0.3, 0.4) is 0 Å². The van der Waals surface area contributed by atoms with Gasteiger partial charge < -0.3 is 10.6 Å². The van der Waals surface area contributed by atoms with Crippen LogP contribution >= 0.6 is 12.4 Å². The van der Waals surface area contributed by atoms with E-state index in [-0.39, 0.29) is 30.9 Å². The standard InChI is InChI=1S/C17H18F3N5O.ClH/c1-10-2-4-13(25-10)16(26)22-8-12-6-14(24-9-23-12)11-3-5-15(21-7-11)17(18,19)20;/h3,5-7,9-10,13,25H,2,4,8H2,1H3,(H,22,26);1H/t10-,13-;/m1./s1. The Hall–Kier alpha value is -2.26. The van der Waals surface area contributed by atoms with Crippen LogP contribution in [-0.2, 0) is 17.5 Å². The van der Waals surface area contributed by atoms with E-state index in [0.29, 0.717) is 23.0 Å². The van der Waals surface area contributed by atoms with Gasteiger partial charge in [-0.05, 0) is 38.0 Å². The Morgan fingerprint density at radius 2 is 2.04 bits per heavy atom. The van der Waals surface area contributed by atoms with E-state index in [1.165, 1.54) is 12.4 Å². The second-order valence-corrected chi connectivity index (χ2v) is 6.24. The fourth-order valence-electron chi connectivity index (χ4n) is 2.80. The summed E-state index contributed by atoms with van der Waals surface area (Å²) < 4.78 is 37.7. The van der Waals surface area contributed by atoms with Crippen LogP contribution in [0.25, 0.3) is 11.3 Å². The van der Waals surface area contributed by atoms with Gasteiger partial charge in [-0.2, -0.15) is 13.2 Å². The van der Waals surface area contributed by atoms with Crippen molar-refractivity contribution in [3.63, 3.8) is 0 Å². The molecule has 10 heteroatoms. The van der Waals surface area contributed by atoms with Crippen LogP contribution in [0.4, 0.5) is 13.2 Å². The first-order valence-electron chi connectivity index (χ1n) is 8.21. The maximum absolute atomic E-state index is 12.6. The SMILES string of the molecule is C[C@@H]1CC[C@H](C(=O)NCc2cc(-c3ccc(C(F)(F)F)nc3)ncn2)N1.Cl. The van der Waals surface area contributed by atoms with Crippen LogP contribution in [0.1, 0.15) is 31.2 Å². The smallest absolute Gasteiger partial charge is 0.349 e. The molecule has 3 rings (SSSR count). The first-order chi connectivity index (χ1) is 12.3. The predicted molar refractivity (Wildman–Crippen MR) is 95.0 cm³/mol. The number of carbonyl (C=O) groups excluding carboxylic acids is 1. The summed E-state index contributed by atoms with van der Waals surface area (Å²) in [6.45, 7) is 2.25. The summed E-state index contributed by atoms with van der Waals surface area (Å²) in [6, 6.07) is 3.96. The normalized spacial score (nSPS) is 19.4. The first-order valence-corrected chi connectivity index (χ1v) is 8.21. The quantitative estimate of drug-likeness (QED) is 0.823. The van der Waals surface area contributed by atoms with E-state index in [9.17, 15) is 18.0 Å². The Kier molecular flexibility index (Phi) is 6.72. The van der Waals surface area contributed by atoms with E-state index >= 15 is 0 Å². The van der Waals surface area contributed by atoms with E-state index in [1.54, 1.807) is 6.07 Å². The molecule has 0 aliphatic carbocycles. The summed E-state index contributed by atoms with van der Waals surface area (Å²) in [5.41, 5.74) is 0.493. The highest BCUT2D eigenvalue weighted by Gasteiger charge is 2.32. The molecule has 0 spiro atoms. The van der Waals surface area contributed by atoms with Gasteiger partial charge in [-0.3, -0.25) is 9.78 Å². The zero-order valence-corrected chi connectivity index (χ0v) is 15.3. The van der Waals surface area contributed by atoms with E-state index in [2.05, 4.69) is 25.6 Å². The zero-order valence-electron chi connectivity index (χ0n) is 14.5. The van der Waals surface area contributed by atoms with Crippen LogP contribution in [0, 0.1) is 0 Å². The lowest BCUT2D eigenvalue weighted by atomic mass is 10.1. The molecule has 1 saturated heterocycles. The maximum Gasteiger partial charge on any atom is 0.433 e. The average Bonchev–Trinajstić information content (AvgIpc) is 3.06. The van der Waals surface area contributed by atoms with E-state index in [4.69, 9.17) is 0 Å². The lowest BCUT2D eigenvalue weighted by Crippen LogP contribution is -2.41. The molecule has 6 nitrogen and oxygen atoms in total. The Morgan fingerprint density at radius 1 is 1.26 bits per heavy atom. The number of alkyl halides is 3. The number of halogens is 4. The average molecular weight is 402 g/mol. The zero-order chi connectivity index (χ0) is 18.7. The van der Waals surface area contributed by atoms with Crippen molar-refractivity contribution in [1.82, 2.24) is 25.6 Å². The molecule has 2 atom stereocenters. The van der Waals surface area contributed by atoms with Gasteiger partial charge >= 0.3 is 6.18 Å². The second-order valence-electron chi connectivity index (χ2n) is 6.24. The Balaban J connectivity index is 0.00000261. The Morgan fingerprint density at radius 3 is 2.63 bits per heavy atom. The molecule has 1 amide bonds. The monoisotopic (exact) mass is 401 g/mol. The Labute approximate surface area is 160 Å². The molecule has 3 heterocycles. The van der Waals surface area contributed by atoms with Crippen molar-refractivity contribution in [2.75, 3.05) is 0 Å². The fourth-order valence-corrected chi connectivity index (χ4v) is 2.80. The summed E-state index contributed by atoms with van der Waals surface area (Å²) >= 11 is 0. The summed E-state index contributed by atoms with van der Waals surface area (Å²) in [7, 11) is 0. The molecule has 1 aliphatic heterocycles. The van der Waals surface area contributed by atoms with E-state index < -0.39 is 11.9 Å². The molecule has 146 valence electrons. The minimum Gasteiger partial charge on any atom is -0.349 e. The lowest BCUT2D eigenvalue weighted by molar-refractivity contribution is -0.141. The van der Waals surface area contributed by atoms with Crippen molar-refractivity contribution >= 4 is 18.3 Å². The molecule has 2 N–H and O–H groups in total. The highest BCUT2D eigenvalue weighted by Crippen LogP contribution is 2.28. The Bertz CT molecular complexity index is 785. The predicted octanol–water partition coefficient (Wildman–Crippen LogP) is 2.74. The second kappa shape index (κ2) is 8.62. The van der Waals surface area contributed by atoms with Crippen molar-refractivity contribution in [2.45, 2.75) is 44.6 Å². The molecule has 0 unspecified atom stereocenters. The van der Waals surface area contributed by atoms with Crippen molar-refractivity contribution in [2.24, 2.45) is 0 Å². The molecule has 1 fully saturated rings. The fraction of sp³-hybridized carbons (Fsp3) is 0.412. The van der Waals surface area contributed by atoms with Crippen LogP contribution in [-0.4, -0.2) is 32.9 Å². The van der Waals surface area contributed by atoms with Gasteiger partial charge in [0, 0.05) is 17.8 Å². The highest BCUT2D eigenvalue weighted by molar-refractivity contribution is 5.85. The minimum atomic E-state index is -4.48. The number of carbonyl (C=O) groups is 1. The van der Waals surface area contributed by atoms with Gasteiger partial charge in [0.05, 0.1) is 24.0 Å². The number of aromatic nitrogens is 3. The molecule has 27 heavy (non-hydrogen) atoms. The number of nitrogens with zero attached hydrogens (tertiary/aromatic N) is 3. The molecule has 2 aromatic heterocycles. The molecule has 1 aliphatic rings. The van der Waals surface area contributed by atoms with Crippen molar-refractivity contribution in [3.8, 4) is 11.3 Å². The first kappa shape index (κ1) is 21.0. The third-order valence-corrected chi connectivity index (χ3v) is 4.21. The summed E-state index contributed by atoms with van der Waals surface area (Å²) in [5.74, 6) is -0.0919. The molecule has 0 saturated carbocycles. The number of pyridine rings is 1. The van der Waals surface area contributed by atoms with Gasteiger partial charge in [0.2, 0.25) is 5.91 Å². The van der Waals surface area contributed by atoms with Crippen LogP contribution in [0.15, 0.2) is 30.7 Å². The molecule has 2 aromatic rings. The number of nitrogens with one attached hydrogen (secondary N) is 2. The van der Waals surface area contributed by atoms with E-state index in [0.717, 1.165) is 25.1 Å². The summed E-state index contributed by atoms with van der Waals surface area (Å²) in [6.07, 6.45) is -0.303. The van der Waals surface area contributed by atoms with Gasteiger partial charge in [-0.15, -0.1) is 12.4 Å². The number of hydrogen-bond acceptors (Lipinski definition) is 5. The molecule has 0 aromatic carbocycles. The van der Waals surface area contributed by atoms with Gasteiger partial charge in [0.25, 0.3) is 0 Å². The van der Waals surface area contributed by atoms with Gasteiger partial charge in [-0.1, -0.05) is 0 Å². The lowest BCUT2D eigenvalue weighted by Gasteiger charge is -2.12. The van der Waals surface area contributed by atoms with Gasteiger partial charge in [0.15, 0.2) is 0 Å². The molecular formula is C17H19ClF3N5O. The van der Waals surface area contributed by atoms with Crippen LogP contribution < -0.4 is 10.6 Å². The number of amides is 1. The van der Waals surface area contributed by atoms with Crippen molar-refractivity contribution in [3.05, 3.63) is 42.1 Å². The van der Waals surface area contributed by atoms with Crippen LogP contribution in [0.2, 0.25) is 0 Å². The van der Waals surface area contributed by atoms with E-state index in [1.807, 2.05) is 6.92 Å². The largest absolute Gasteiger partial charge is 0.433 e.